The highest BCUT2D eigenvalue weighted by atomic mass is 16.5. The number of morpholine rings is 1. The van der Waals surface area contributed by atoms with Gasteiger partial charge in [-0.05, 0) is 52.6 Å². The summed E-state index contributed by atoms with van der Waals surface area (Å²) in [5.41, 5.74) is 0. The van der Waals surface area contributed by atoms with E-state index in [0.717, 1.165) is 45.2 Å². The number of rotatable bonds is 6. The van der Waals surface area contributed by atoms with E-state index in [1.165, 1.54) is 19.4 Å². The smallest absolute Gasteiger partial charge is 0.221 e. The first kappa shape index (κ1) is 17.7. The predicted molar refractivity (Wildman–Crippen MR) is 88.9 cm³/mol. The molecule has 0 aromatic heterocycles. The largest absolute Gasteiger partial charge is 0.373 e. The maximum atomic E-state index is 11.5. The maximum absolute atomic E-state index is 11.5. The van der Waals surface area contributed by atoms with E-state index >= 15 is 0 Å². The number of piperidine rings is 1. The van der Waals surface area contributed by atoms with Crippen molar-refractivity contribution in [1.82, 2.24) is 15.1 Å². The lowest BCUT2D eigenvalue weighted by Gasteiger charge is -2.39. The Labute approximate surface area is 135 Å². The maximum Gasteiger partial charge on any atom is 0.221 e. The molecule has 22 heavy (non-hydrogen) atoms. The van der Waals surface area contributed by atoms with Gasteiger partial charge in [-0.1, -0.05) is 0 Å². The molecule has 2 saturated heterocycles. The SMILES string of the molecule is CCNC(=O)CCN1CCC(CN2C[C@@H](C)O[C@H](C)C2)CC1. The zero-order chi connectivity index (χ0) is 15.9. The van der Waals surface area contributed by atoms with Crippen LogP contribution in [0.4, 0.5) is 0 Å². The molecular weight excluding hydrogens is 278 g/mol. The number of nitrogens with zero attached hydrogens (tertiary/aromatic N) is 2. The Bertz CT molecular complexity index is 333. The van der Waals surface area contributed by atoms with E-state index in [0.29, 0.717) is 18.6 Å². The lowest BCUT2D eigenvalue weighted by Crippen LogP contribution is -2.48. The molecule has 0 saturated carbocycles. The fraction of sp³-hybridized carbons (Fsp3) is 0.941. The average Bonchev–Trinajstić information content (AvgIpc) is 2.46. The molecule has 2 fully saturated rings. The number of ether oxygens (including phenoxy) is 1. The summed E-state index contributed by atoms with van der Waals surface area (Å²) in [6.07, 6.45) is 3.88. The van der Waals surface area contributed by atoms with Gasteiger partial charge in [0.25, 0.3) is 0 Å². The Morgan fingerprint density at radius 3 is 2.36 bits per heavy atom. The molecule has 2 rings (SSSR count). The van der Waals surface area contributed by atoms with Crippen molar-refractivity contribution in [2.75, 3.05) is 45.8 Å². The molecule has 2 heterocycles. The van der Waals surface area contributed by atoms with Gasteiger partial charge in [0, 0.05) is 39.1 Å². The number of likely N-dealkylation sites (tertiary alicyclic amines) is 1. The highest BCUT2D eigenvalue weighted by molar-refractivity contribution is 5.75. The van der Waals surface area contributed by atoms with Gasteiger partial charge in [0.2, 0.25) is 5.91 Å². The number of carbonyl (C=O) groups is 1. The second-order valence-electron chi connectivity index (χ2n) is 6.96. The summed E-state index contributed by atoms with van der Waals surface area (Å²) in [5.74, 6) is 0.985. The van der Waals surface area contributed by atoms with Crippen LogP contribution in [-0.4, -0.2) is 73.7 Å². The molecule has 2 atom stereocenters. The topological polar surface area (TPSA) is 44.8 Å². The van der Waals surface area contributed by atoms with Gasteiger partial charge in [-0.2, -0.15) is 0 Å². The molecule has 128 valence electrons. The lowest BCUT2D eigenvalue weighted by molar-refractivity contribution is -0.121. The molecule has 0 unspecified atom stereocenters. The van der Waals surface area contributed by atoms with Crippen molar-refractivity contribution >= 4 is 5.91 Å². The molecule has 1 N–H and O–H groups in total. The molecule has 0 aliphatic carbocycles. The first-order chi connectivity index (χ1) is 10.6. The summed E-state index contributed by atoms with van der Waals surface area (Å²) in [5, 5.41) is 2.87. The first-order valence-corrected chi connectivity index (χ1v) is 8.93. The third kappa shape index (κ3) is 5.86. The van der Waals surface area contributed by atoms with Gasteiger partial charge in [0.1, 0.15) is 0 Å². The van der Waals surface area contributed by atoms with Crippen LogP contribution in [0.15, 0.2) is 0 Å². The van der Waals surface area contributed by atoms with Gasteiger partial charge in [-0.15, -0.1) is 0 Å². The molecule has 1 amide bonds. The summed E-state index contributed by atoms with van der Waals surface area (Å²) in [7, 11) is 0. The zero-order valence-corrected chi connectivity index (χ0v) is 14.5. The van der Waals surface area contributed by atoms with Crippen LogP contribution in [0.3, 0.4) is 0 Å². The molecule has 5 nitrogen and oxygen atoms in total. The highest BCUT2D eigenvalue weighted by Gasteiger charge is 2.26. The van der Waals surface area contributed by atoms with Crippen LogP contribution in [0.25, 0.3) is 0 Å². The summed E-state index contributed by atoms with van der Waals surface area (Å²) in [4.78, 5) is 16.5. The fourth-order valence-corrected chi connectivity index (χ4v) is 3.74. The molecule has 5 heteroatoms. The van der Waals surface area contributed by atoms with Crippen molar-refractivity contribution < 1.29 is 9.53 Å². The van der Waals surface area contributed by atoms with Crippen molar-refractivity contribution in [3.8, 4) is 0 Å². The van der Waals surface area contributed by atoms with Crippen molar-refractivity contribution in [2.24, 2.45) is 5.92 Å². The number of amides is 1. The first-order valence-electron chi connectivity index (χ1n) is 8.93. The van der Waals surface area contributed by atoms with E-state index in [2.05, 4.69) is 29.0 Å². The van der Waals surface area contributed by atoms with E-state index in [4.69, 9.17) is 4.74 Å². The Morgan fingerprint density at radius 2 is 1.77 bits per heavy atom. The van der Waals surface area contributed by atoms with Crippen LogP contribution in [0.1, 0.15) is 40.0 Å². The van der Waals surface area contributed by atoms with E-state index in [9.17, 15) is 4.79 Å². The number of nitrogens with one attached hydrogen (secondary N) is 1. The second-order valence-corrected chi connectivity index (χ2v) is 6.96. The molecular formula is C17H33N3O2. The van der Waals surface area contributed by atoms with E-state index < -0.39 is 0 Å². The Kier molecular flexibility index (Phi) is 7.12. The van der Waals surface area contributed by atoms with Gasteiger partial charge in [-0.3, -0.25) is 9.69 Å². The van der Waals surface area contributed by atoms with Crippen molar-refractivity contribution in [3.63, 3.8) is 0 Å². The summed E-state index contributed by atoms with van der Waals surface area (Å²) < 4.78 is 5.81. The third-order valence-electron chi connectivity index (χ3n) is 4.75. The second kappa shape index (κ2) is 8.85. The Hall–Kier alpha value is -0.650. The van der Waals surface area contributed by atoms with Gasteiger partial charge >= 0.3 is 0 Å². The van der Waals surface area contributed by atoms with Gasteiger partial charge in [0.15, 0.2) is 0 Å². The van der Waals surface area contributed by atoms with Crippen molar-refractivity contribution in [1.29, 1.82) is 0 Å². The van der Waals surface area contributed by atoms with Crippen LogP contribution in [-0.2, 0) is 9.53 Å². The summed E-state index contributed by atoms with van der Waals surface area (Å²) in [6.45, 7) is 13.6. The normalized spacial score (nSPS) is 28.7. The Morgan fingerprint density at radius 1 is 1.14 bits per heavy atom. The number of hydrogen-bond acceptors (Lipinski definition) is 4. The quantitative estimate of drug-likeness (QED) is 0.804. The van der Waals surface area contributed by atoms with Crippen LogP contribution in [0, 0.1) is 5.92 Å². The zero-order valence-electron chi connectivity index (χ0n) is 14.5. The van der Waals surface area contributed by atoms with Crippen LogP contribution < -0.4 is 5.32 Å². The minimum Gasteiger partial charge on any atom is -0.373 e. The van der Waals surface area contributed by atoms with Crippen LogP contribution in [0.2, 0.25) is 0 Å². The van der Waals surface area contributed by atoms with Gasteiger partial charge in [-0.25, -0.2) is 0 Å². The summed E-state index contributed by atoms with van der Waals surface area (Å²) >= 11 is 0. The molecule has 0 radical (unpaired) electrons. The monoisotopic (exact) mass is 311 g/mol. The van der Waals surface area contributed by atoms with Gasteiger partial charge in [0.05, 0.1) is 12.2 Å². The Balaban J connectivity index is 1.63. The fourth-order valence-electron chi connectivity index (χ4n) is 3.74. The molecule has 0 aromatic carbocycles. The standard InChI is InChI=1S/C17H33N3O2/c1-4-18-17(21)7-10-19-8-5-16(6-9-19)13-20-11-14(2)22-15(3)12-20/h14-16H,4-13H2,1-3H3,(H,18,21)/t14-,15-/m1/s1. The van der Waals surface area contributed by atoms with E-state index in [1.807, 2.05) is 6.92 Å². The molecule has 2 aliphatic rings. The van der Waals surface area contributed by atoms with Crippen molar-refractivity contribution in [3.05, 3.63) is 0 Å². The minimum atomic E-state index is 0.181. The number of carbonyl (C=O) groups excluding carboxylic acids is 1. The molecule has 2 aliphatic heterocycles. The lowest BCUT2D eigenvalue weighted by atomic mass is 9.95. The third-order valence-corrected chi connectivity index (χ3v) is 4.75. The highest BCUT2D eigenvalue weighted by Crippen LogP contribution is 2.20. The predicted octanol–water partition coefficient (Wildman–Crippen LogP) is 1.33. The average molecular weight is 311 g/mol. The van der Waals surface area contributed by atoms with Crippen LogP contribution in [0.5, 0.6) is 0 Å². The molecule has 0 aromatic rings. The molecule has 0 spiro atoms. The minimum absolute atomic E-state index is 0.181. The van der Waals surface area contributed by atoms with Crippen molar-refractivity contribution in [2.45, 2.75) is 52.2 Å². The van der Waals surface area contributed by atoms with E-state index in [1.54, 1.807) is 0 Å². The van der Waals surface area contributed by atoms with Gasteiger partial charge < -0.3 is 15.0 Å². The number of hydrogen-bond donors (Lipinski definition) is 1. The van der Waals surface area contributed by atoms with E-state index in [-0.39, 0.29) is 5.91 Å². The van der Waals surface area contributed by atoms with Crippen LogP contribution >= 0.6 is 0 Å². The molecule has 0 bridgehead atoms. The summed E-state index contributed by atoms with van der Waals surface area (Å²) in [6, 6.07) is 0.